The van der Waals surface area contributed by atoms with Crippen LogP contribution < -0.4 is 14.8 Å². The largest absolute Gasteiger partial charge is 0.484 e. The number of alkyl halides is 3. The monoisotopic (exact) mass is 487 g/mol. The maximum atomic E-state index is 12.8. The van der Waals surface area contributed by atoms with Crippen LogP contribution in [-0.4, -0.2) is 65.2 Å². The lowest BCUT2D eigenvalue weighted by atomic mass is 10.2. The van der Waals surface area contributed by atoms with E-state index in [4.69, 9.17) is 9.47 Å². The Morgan fingerprint density at radius 2 is 1.79 bits per heavy atom. The second-order valence-corrected chi connectivity index (χ2v) is 8.93. The average Bonchev–Trinajstić information content (AvgIpc) is 2.78. The van der Waals surface area contributed by atoms with Crippen molar-refractivity contribution in [3.8, 4) is 5.75 Å². The molecule has 0 unspecified atom stereocenters. The number of ether oxygens (including phenoxy) is 2. The average molecular weight is 488 g/mol. The molecule has 1 amide bonds. The topological polar surface area (TPSA) is 97.0 Å². The minimum atomic E-state index is -4.59. The van der Waals surface area contributed by atoms with Crippen LogP contribution in [0, 0.1) is 0 Å². The van der Waals surface area contributed by atoms with Crippen LogP contribution in [0.25, 0.3) is 0 Å². The Balaban J connectivity index is 1.49. The van der Waals surface area contributed by atoms with Crippen molar-refractivity contribution < 1.29 is 35.9 Å². The summed E-state index contributed by atoms with van der Waals surface area (Å²) in [5, 5.41) is 2.75. The van der Waals surface area contributed by atoms with Gasteiger partial charge < -0.3 is 14.8 Å². The molecule has 1 saturated heterocycles. The van der Waals surface area contributed by atoms with E-state index in [0.717, 1.165) is 25.2 Å². The molecule has 12 heteroatoms. The van der Waals surface area contributed by atoms with Crippen molar-refractivity contribution in [3.63, 3.8) is 0 Å². The maximum Gasteiger partial charge on any atom is 0.416 e. The van der Waals surface area contributed by atoms with Crippen molar-refractivity contribution in [1.82, 2.24) is 10.2 Å². The van der Waals surface area contributed by atoms with Crippen molar-refractivity contribution in [2.24, 2.45) is 0 Å². The predicted octanol–water partition coefficient (Wildman–Crippen LogP) is 2.33. The summed E-state index contributed by atoms with van der Waals surface area (Å²) in [4.78, 5) is 13.9. The van der Waals surface area contributed by atoms with Crippen LogP contribution in [0.15, 0.2) is 53.4 Å². The van der Waals surface area contributed by atoms with Gasteiger partial charge in [0, 0.05) is 31.9 Å². The van der Waals surface area contributed by atoms with Gasteiger partial charge in [-0.3, -0.25) is 14.4 Å². The first-order valence-electron chi connectivity index (χ1n) is 10.1. The maximum absolute atomic E-state index is 12.8. The van der Waals surface area contributed by atoms with Gasteiger partial charge in [0.15, 0.2) is 6.61 Å². The minimum Gasteiger partial charge on any atom is -0.484 e. The fourth-order valence-corrected chi connectivity index (χ4v) is 4.12. The zero-order valence-corrected chi connectivity index (χ0v) is 18.4. The van der Waals surface area contributed by atoms with Gasteiger partial charge in [-0.25, -0.2) is 8.42 Å². The number of carbonyl (C=O) groups is 1. The normalized spacial score (nSPS) is 15.1. The first-order valence-corrected chi connectivity index (χ1v) is 11.6. The summed E-state index contributed by atoms with van der Waals surface area (Å²) in [7, 11) is -4.11. The lowest BCUT2D eigenvalue weighted by Crippen LogP contribution is -2.42. The number of morpholine rings is 1. The van der Waals surface area contributed by atoms with Crippen LogP contribution in [0.2, 0.25) is 0 Å². The van der Waals surface area contributed by atoms with Crippen LogP contribution >= 0.6 is 0 Å². The quantitative estimate of drug-likeness (QED) is 0.564. The minimum absolute atomic E-state index is 0.165. The lowest BCUT2D eigenvalue weighted by molar-refractivity contribution is -0.137. The number of nitrogens with zero attached hydrogens (tertiary/aromatic N) is 1. The summed E-state index contributed by atoms with van der Waals surface area (Å²) >= 11 is 0. The van der Waals surface area contributed by atoms with E-state index in [1.165, 1.54) is 30.3 Å². The molecule has 1 aliphatic rings. The molecule has 0 aromatic heterocycles. The van der Waals surface area contributed by atoms with Gasteiger partial charge in [-0.15, -0.1) is 0 Å². The zero-order chi connectivity index (χ0) is 23.9. The molecule has 3 rings (SSSR count). The van der Waals surface area contributed by atoms with E-state index < -0.39 is 21.8 Å². The third-order valence-electron chi connectivity index (χ3n) is 4.80. The molecular formula is C21H24F3N3O5S. The number of carbonyl (C=O) groups excluding carboxylic acids is 1. The molecule has 0 radical (unpaired) electrons. The third kappa shape index (κ3) is 7.62. The third-order valence-corrected chi connectivity index (χ3v) is 6.20. The van der Waals surface area contributed by atoms with Crippen LogP contribution in [-0.2, 0) is 25.7 Å². The number of halogens is 3. The fraction of sp³-hybridized carbons (Fsp3) is 0.381. The molecule has 2 aromatic rings. The summed E-state index contributed by atoms with van der Waals surface area (Å²) in [6.07, 6.45) is -4.59. The summed E-state index contributed by atoms with van der Waals surface area (Å²) in [6, 6.07) is 9.10. The highest BCUT2D eigenvalue weighted by Gasteiger charge is 2.30. The first kappa shape index (κ1) is 24.8. The molecule has 180 valence electrons. The molecule has 0 atom stereocenters. The van der Waals surface area contributed by atoms with E-state index in [1.807, 2.05) is 0 Å². The molecule has 0 aliphatic carbocycles. The first-order chi connectivity index (χ1) is 15.6. The van der Waals surface area contributed by atoms with Crippen LogP contribution in [0.5, 0.6) is 5.75 Å². The van der Waals surface area contributed by atoms with Crippen molar-refractivity contribution >= 4 is 21.6 Å². The van der Waals surface area contributed by atoms with Gasteiger partial charge in [0.1, 0.15) is 5.75 Å². The van der Waals surface area contributed by atoms with Gasteiger partial charge >= 0.3 is 6.18 Å². The molecule has 0 saturated carbocycles. The number of sulfonamides is 1. The number of anilines is 1. The molecule has 0 bridgehead atoms. The number of benzene rings is 2. The van der Waals surface area contributed by atoms with Crippen molar-refractivity contribution in [3.05, 3.63) is 54.1 Å². The summed E-state index contributed by atoms with van der Waals surface area (Å²) < 4.78 is 76.2. The molecule has 8 nitrogen and oxygen atoms in total. The Labute approximate surface area is 189 Å². The molecule has 1 heterocycles. The Morgan fingerprint density at radius 3 is 2.45 bits per heavy atom. The van der Waals surface area contributed by atoms with Crippen molar-refractivity contribution in [2.75, 3.05) is 50.7 Å². The van der Waals surface area contributed by atoms with E-state index in [2.05, 4.69) is 14.9 Å². The molecule has 33 heavy (non-hydrogen) atoms. The molecule has 1 aliphatic heterocycles. The SMILES string of the molecule is O=C(COc1ccc(S(=O)(=O)Nc2cccc(C(F)(F)F)c2)cc1)NCCN1CCOCC1. The smallest absolute Gasteiger partial charge is 0.416 e. The number of rotatable bonds is 9. The lowest BCUT2D eigenvalue weighted by Gasteiger charge is -2.26. The van der Waals surface area contributed by atoms with E-state index in [1.54, 1.807) is 0 Å². The van der Waals surface area contributed by atoms with E-state index in [0.29, 0.717) is 32.4 Å². The molecular weight excluding hydrogens is 463 g/mol. The highest BCUT2D eigenvalue weighted by molar-refractivity contribution is 7.92. The molecule has 2 aromatic carbocycles. The van der Waals surface area contributed by atoms with Crippen molar-refractivity contribution in [1.29, 1.82) is 0 Å². The summed E-state index contributed by atoms with van der Waals surface area (Å²) in [5.74, 6) is -0.0393. The fourth-order valence-electron chi connectivity index (χ4n) is 3.07. The van der Waals surface area contributed by atoms with Gasteiger partial charge in [0.2, 0.25) is 0 Å². The van der Waals surface area contributed by atoms with Gasteiger partial charge in [-0.2, -0.15) is 13.2 Å². The van der Waals surface area contributed by atoms with Gasteiger partial charge in [-0.1, -0.05) is 6.07 Å². The van der Waals surface area contributed by atoms with Gasteiger partial charge in [-0.05, 0) is 42.5 Å². The molecule has 0 spiro atoms. The van der Waals surface area contributed by atoms with E-state index in [9.17, 15) is 26.4 Å². The van der Waals surface area contributed by atoms with Crippen LogP contribution in [0.3, 0.4) is 0 Å². The van der Waals surface area contributed by atoms with Crippen LogP contribution in [0.4, 0.5) is 18.9 Å². The highest BCUT2D eigenvalue weighted by atomic mass is 32.2. The Bertz CT molecular complexity index is 1040. The second kappa shape index (κ2) is 10.9. The van der Waals surface area contributed by atoms with Gasteiger partial charge in [0.05, 0.1) is 23.7 Å². The number of hydrogen-bond donors (Lipinski definition) is 2. The number of hydrogen-bond acceptors (Lipinski definition) is 6. The van der Waals surface area contributed by atoms with E-state index >= 15 is 0 Å². The second-order valence-electron chi connectivity index (χ2n) is 7.25. The number of nitrogens with one attached hydrogen (secondary N) is 2. The zero-order valence-electron chi connectivity index (χ0n) is 17.6. The standard InChI is InChI=1S/C21H24F3N3O5S/c22-21(23,24)16-2-1-3-17(14-16)26-33(29,30)19-6-4-18(5-7-19)32-15-20(28)25-8-9-27-10-12-31-13-11-27/h1-7,14,26H,8-13,15H2,(H,25,28). The van der Waals surface area contributed by atoms with Crippen LogP contribution in [0.1, 0.15) is 5.56 Å². The molecule has 2 N–H and O–H groups in total. The summed E-state index contributed by atoms with van der Waals surface area (Å²) in [5.41, 5.74) is -1.17. The predicted molar refractivity (Wildman–Crippen MR) is 114 cm³/mol. The van der Waals surface area contributed by atoms with E-state index in [-0.39, 0.29) is 28.8 Å². The van der Waals surface area contributed by atoms with Crippen molar-refractivity contribution in [2.45, 2.75) is 11.1 Å². The Morgan fingerprint density at radius 1 is 1.09 bits per heavy atom. The Kier molecular flexibility index (Phi) is 8.16. The Hall–Kier alpha value is -2.83. The highest BCUT2D eigenvalue weighted by Crippen LogP contribution is 2.31. The van der Waals surface area contributed by atoms with Gasteiger partial charge in [0.25, 0.3) is 15.9 Å². The number of amides is 1. The summed E-state index contributed by atoms with van der Waals surface area (Å²) in [6.45, 7) is 3.95. The molecule has 1 fully saturated rings.